The number of hydrogen-bond acceptors (Lipinski definition) is 4. The number of nitrogens with one attached hydrogen (secondary N) is 1. The average Bonchev–Trinajstić information content (AvgIpc) is 2.72. The number of carbonyl (C=O) groups is 1. The summed E-state index contributed by atoms with van der Waals surface area (Å²) >= 11 is 0. The summed E-state index contributed by atoms with van der Waals surface area (Å²) in [5.41, 5.74) is 0. The number of carbonyl (C=O) groups excluding carboxylic acids is 1. The molecule has 0 radical (unpaired) electrons. The molecule has 0 spiro atoms. The largest absolute Gasteiger partial charge is 0.462 e. The first-order valence-corrected chi connectivity index (χ1v) is 7.14. The van der Waals surface area contributed by atoms with Gasteiger partial charge < -0.3 is 10.1 Å². The first kappa shape index (κ1) is 15.4. The molecule has 0 amide bonds. The molecule has 1 rings (SSSR count). The van der Waals surface area contributed by atoms with Crippen LogP contribution in [-0.2, 0) is 9.53 Å². The van der Waals surface area contributed by atoms with E-state index in [1.807, 2.05) is 13.8 Å². The van der Waals surface area contributed by atoms with Crippen molar-refractivity contribution in [2.45, 2.75) is 71.7 Å². The standard InChI is InChI=1S/C14H28N2O2/c1-6-16(10(2)3)9-12-7-8-13(15-12)14(17)18-11(4)5/h10-13,15H,6-9H2,1-5H3. The van der Waals surface area contributed by atoms with Crippen LogP contribution < -0.4 is 5.32 Å². The van der Waals surface area contributed by atoms with Crippen molar-refractivity contribution in [3.63, 3.8) is 0 Å². The van der Waals surface area contributed by atoms with Crippen LogP contribution in [0, 0.1) is 0 Å². The summed E-state index contributed by atoms with van der Waals surface area (Å²) in [5, 5.41) is 3.40. The molecule has 0 aromatic heterocycles. The highest BCUT2D eigenvalue weighted by Crippen LogP contribution is 2.16. The summed E-state index contributed by atoms with van der Waals surface area (Å²) in [4.78, 5) is 14.2. The van der Waals surface area contributed by atoms with Crippen molar-refractivity contribution < 1.29 is 9.53 Å². The van der Waals surface area contributed by atoms with Gasteiger partial charge in [-0.05, 0) is 47.1 Å². The van der Waals surface area contributed by atoms with E-state index in [0.717, 1.165) is 25.9 Å². The highest BCUT2D eigenvalue weighted by Gasteiger charge is 2.31. The van der Waals surface area contributed by atoms with Crippen LogP contribution in [0.25, 0.3) is 0 Å². The lowest BCUT2D eigenvalue weighted by molar-refractivity contribution is -0.149. The van der Waals surface area contributed by atoms with Crippen molar-refractivity contribution in [2.24, 2.45) is 0 Å². The molecule has 1 N–H and O–H groups in total. The van der Waals surface area contributed by atoms with E-state index in [0.29, 0.717) is 12.1 Å². The molecule has 106 valence electrons. The fraction of sp³-hybridized carbons (Fsp3) is 0.929. The maximum atomic E-state index is 11.8. The summed E-state index contributed by atoms with van der Waals surface area (Å²) in [5.74, 6) is -0.0971. The number of likely N-dealkylation sites (N-methyl/N-ethyl adjacent to an activating group) is 1. The van der Waals surface area contributed by atoms with Crippen LogP contribution in [0.15, 0.2) is 0 Å². The van der Waals surface area contributed by atoms with Crippen molar-refractivity contribution >= 4 is 5.97 Å². The van der Waals surface area contributed by atoms with E-state index in [4.69, 9.17) is 4.74 Å². The van der Waals surface area contributed by atoms with Crippen LogP contribution in [-0.4, -0.2) is 48.2 Å². The summed E-state index contributed by atoms with van der Waals surface area (Å²) in [6.45, 7) is 12.5. The number of ether oxygens (including phenoxy) is 1. The lowest BCUT2D eigenvalue weighted by atomic mass is 10.1. The van der Waals surface area contributed by atoms with Crippen LogP contribution in [0.5, 0.6) is 0 Å². The van der Waals surface area contributed by atoms with Gasteiger partial charge in [0.2, 0.25) is 0 Å². The lowest BCUT2D eigenvalue weighted by Gasteiger charge is -2.28. The van der Waals surface area contributed by atoms with E-state index in [1.54, 1.807) is 0 Å². The van der Waals surface area contributed by atoms with Crippen LogP contribution >= 0.6 is 0 Å². The SMILES string of the molecule is CCN(CC1CCC(C(=O)OC(C)C)N1)C(C)C. The fourth-order valence-electron chi connectivity index (χ4n) is 2.45. The zero-order valence-electron chi connectivity index (χ0n) is 12.4. The first-order valence-electron chi connectivity index (χ1n) is 7.14. The Morgan fingerprint density at radius 1 is 1.33 bits per heavy atom. The average molecular weight is 256 g/mol. The van der Waals surface area contributed by atoms with E-state index < -0.39 is 0 Å². The predicted octanol–water partition coefficient (Wildman–Crippen LogP) is 1.79. The third kappa shape index (κ3) is 4.58. The first-order chi connectivity index (χ1) is 8.43. The van der Waals surface area contributed by atoms with Crippen molar-refractivity contribution in [3.8, 4) is 0 Å². The number of nitrogens with zero attached hydrogens (tertiary/aromatic N) is 1. The van der Waals surface area contributed by atoms with Gasteiger partial charge in [0.1, 0.15) is 6.04 Å². The van der Waals surface area contributed by atoms with Gasteiger partial charge in [0.05, 0.1) is 6.10 Å². The van der Waals surface area contributed by atoms with Gasteiger partial charge in [0.25, 0.3) is 0 Å². The number of hydrogen-bond donors (Lipinski definition) is 1. The van der Waals surface area contributed by atoms with Crippen LogP contribution in [0.4, 0.5) is 0 Å². The molecule has 18 heavy (non-hydrogen) atoms. The van der Waals surface area contributed by atoms with Crippen molar-refractivity contribution in [1.29, 1.82) is 0 Å². The molecular weight excluding hydrogens is 228 g/mol. The van der Waals surface area contributed by atoms with Gasteiger partial charge in [-0.3, -0.25) is 9.69 Å². The minimum Gasteiger partial charge on any atom is -0.462 e. The molecule has 1 aliphatic heterocycles. The van der Waals surface area contributed by atoms with E-state index in [2.05, 4.69) is 31.0 Å². The smallest absolute Gasteiger partial charge is 0.323 e. The molecule has 4 heteroatoms. The van der Waals surface area contributed by atoms with Gasteiger partial charge in [-0.15, -0.1) is 0 Å². The number of rotatable bonds is 6. The molecule has 1 aliphatic rings. The van der Waals surface area contributed by atoms with E-state index >= 15 is 0 Å². The monoisotopic (exact) mass is 256 g/mol. The Labute approximate surface area is 111 Å². The van der Waals surface area contributed by atoms with Crippen molar-refractivity contribution in [1.82, 2.24) is 10.2 Å². The second-order valence-electron chi connectivity index (χ2n) is 5.66. The Bertz CT molecular complexity index is 267. The molecule has 0 bridgehead atoms. The zero-order valence-corrected chi connectivity index (χ0v) is 12.4. The van der Waals surface area contributed by atoms with Gasteiger partial charge in [-0.25, -0.2) is 0 Å². The summed E-state index contributed by atoms with van der Waals surface area (Å²) < 4.78 is 5.25. The van der Waals surface area contributed by atoms with E-state index in [-0.39, 0.29) is 18.1 Å². The Hall–Kier alpha value is -0.610. The van der Waals surface area contributed by atoms with Crippen molar-refractivity contribution in [3.05, 3.63) is 0 Å². The van der Waals surface area contributed by atoms with E-state index in [1.165, 1.54) is 0 Å². The topological polar surface area (TPSA) is 41.6 Å². The molecule has 4 nitrogen and oxygen atoms in total. The van der Waals surface area contributed by atoms with Gasteiger partial charge in [-0.2, -0.15) is 0 Å². The molecule has 1 fully saturated rings. The minimum atomic E-state index is -0.108. The molecule has 2 atom stereocenters. The molecule has 0 saturated carbocycles. The summed E-state index contributed by atoms with van der Waals surface area (Å²) in [6, 6.07) is 0.860. The lowest BCUT2D eigenvalue weighted by Crippen LogP contribution is -2.45. The predicted molar refractivity (Wildman–Crippen MR) is 73.6 cm³/mol. The molecule has 0 aromatic carbocycles. The third-order valence-electron chi connectivity index (χ3n) is 3.47. The van der Waals surface area contributed by atoms with Gasteiger partial charge >= 0.3 is 5.97 Å². The molecule has 2 unspecified atom stereocenters. The molecule has 1 heterocycles. The Morgan fingerprint density at radius 3 is 2.50 bits per heavy atom. The van der Waals surface area contributed by atoms with Crippen LogP contribution in [0.1, 0.15) is 47.5 Å². The van der Waals surface area contributed by atoms with Gasteiger partial charge in [0, 0.05) is 18.6 Å². The van der Waals surface area contributed by atoms with Crippen LogP contribution in [0.2, 0.25) is 0 Å². The minimum absolute atomic E-state index is 0.0267. The normalized spacial score (nSPS) is 24.2. The molecular formula is C14H28N2O2. The zero-order chi connectivity index (χ0) is 13.7. The fourth-order valence-corrected chi connectivity index (χ4v) is 2.45. The summed E-state index contributed by atoms with van der Waals surface area (Å²) in [7, 11) is 0. The Kier molecular flexibility index (Phi) is 6.09. The van der Waals surface area contributed by atoms with Gasteiger partial charge in [-0.1, -0.05) is 6.92 Å². The van der Waals surface area contributed by atoms with E-state index in [9.17, 15) is 4.79 Å². The molecule has 0 aliphatic carbocycles. The maximum absolute atomic E-state index is 11.8. The Morgan fingerprint density at radius 2 is 2.00 bits per heavy atom. The number of esters is 1. The van der Waals surface area contributed by atoms with Crippen LogP contribution in [0.3, 0.4) is 0 Å². The summed E-state index contributed by atoms with van der Waals surface area (Å²) in [6.07, 6.45) is 1.92. The highest BCUT2D eigenvalue weighted by atomic mass is 16.5. The second-order valence-corrected chi connectivity index (χ2v) is 5.66. The molecule has 0 aromatic rings. The highest BCUT2D eigenvalue weighted by molar-refractivity contribution is 5.76. The Balaban J connectivity index is 2.39. The third-order valence-corrected chi connectivity index (χ3v) is 3.47. The van der Waals surface area contributed by atoms with Gasteiger partial charge in [0.15, 0.2) is 0 Å². The molecule has 1 saturated heterocycles. The second kappa shape index (κ2) is 7.10. The maximum Gasteiger partial charge on any atom is 0.323 e. The van der Waals surface area contributed by atoms with Crippen molar-refractivity contribution in [2.75, 3.05) is 13.1 Å². The quantitative estimate of drug-likeness (QED) is 0.736.